The number of fused-ring (bicyclic) bond motifs is 1. The lowest BCUT2D eigenvalue weighted by Crippen LogP contribution is -2.32. The minimum absolute atomic E-state index is 0.0657. The summed E-state index contributed by atoms with van der Waals surface area (Å²) in [6.45, 7) is 1.31. The van der Waals surface area contributed by atoms with Crippen LogP contribution in [-0.4, -0.2) is 33.8 Å². The molecule has 0 fully saturated rings. The number of benzene rings is 1. The van der Waals surface area contributed by atoms with Crippen molar-refractivity contribution in [2.24, 2.45) is 0 Å². The second-order valence-corrected chi connectivity index (χ2v) is 3.43. The molecule has 1 aromatic rings. The van der Waals surface area contributed by atoms with Gasteiger partial charge in [-0.25, -0.2) is 0 Å². The van der Waals surface area contributed by atoms with Gasteiger partial charge in [-0.2, -0.15) is 0 Å². The van der Waals surface area contributed by atoms with Gasteiger partial charge in [-0.3, -0.25) is 4.79 Å². The highest BCUT2D eigenvalue weighted by molar-refractivity contribution is 6.05. The van der Waals surface area contributed by atoms with Gasteiger partial charge in [-0.1, -0.05) is 0 Å². The van der Waals surface area contributed by atoms with Crippen molar-refractivity contribution in [2.45, 2.75) is 13.0 Å². The summed E-state index contributed by atoms with van der Waals surface area (Å²) in [6.07, 6.45) is -1.26. The number of aliphatic hydroxyl groups is 1. The Balaban J connectivity index is 2.67. The molecule has 0 saturated heterocycles. The fourth-order valence-electron chi connectivity index (χ4n) is 1.49. The Morgan fingerprint density at radius 1 is 1.47 bits per heavy atom. The van der Waals surface area contributed by atoms with Crippen molar-refractivity contribution in [3.05, 3.63) is 17.2 Å². The summed E-state index contributed by atoms with van der Waals surface area (Å²) in [6, 6.07) is 1.26. The lowest BCUT2D eigenvalue weighted by Gasteiger charge is -2.22. The molecule has 0 amide bonds. The highest BCUT2D eigenvalue weighted by atomic mass is 16.5. The van der Waals surface area contributed by atoms with E-state index in [2.05, 4.69) is 0 Å². The van der Waals surface area contributed by atoms with E-state index in [1.54, 1.807) is 0 Å². The van der Waals surface area contributed by atoms with Gasteiger partial charge in [0.1, 0.15) is 29.4 Å². The third-order valence-corrected chi connectivity index (χ3v) is 2.44. The second kappa shape index (κ2) is 3.13. The molecule has 5 heteroatoms. The molecule has 0 aliphatic carbocycles. The van der Waals surface area contributed by atoms with Crippen LogP contribution in [-0.2, 0) is 0 Å². The number of aromatic hydroxyl groups is 2. The normalized spacial score (nSPS) is 19.6. The van der Waals surface area contributed by atoms with Crippen LogP contribution in [0.15, 0.2) is 6.07 Å². The highest BCUT2D eigenvalue weighted by Crippen LogP contribution is 2.39. The molecule has 80 valence electrons. The predicted molar refractivity (Wildman–Crippen MR) is 50.3 cm³/mol. The molecular weight excluding hydrogens is 200 g/mol. The van der Waals surface area contributed by atoms with Crippen molar-refractivity contribution in [3.8, 4) is 17.2 Å². The predicted octanol–water partition coefficient (Wildman–Crippen LogP) is 0.342. The number of hydrogen-bond donors (Lipinski definition) is 3. The van der Waals surface area contributed by atoms with E-state index in [9.17, 15) is 20.1 Å². The fraction of sp³-hybridized carbons (Fsp3) is 0.300. The Hall–Kier alpha value is -1.75. The molecule has 3 N–H and O–H groups in total. The Labute approximate surface area is 85.5 Å². The standard InChI is InChI=1S/C10H10O5/c1-4-5(11)2-7-8(9(4)13)10(14)6(12)3-15-7/h2,6,11-13H,3H2,1H3/t6-/m1/s1. The van der Waals surface area contributed by atoms with E-state index < -0.39 is 11.9 Å². The number of rotatable bonds is 0. The van der Waals surface area contributed by atoms with Crippen molar-refractivity contribution in [1.29, 1.82) is 0 Å². The van der Waals surface area contributed by atoms with E-state index in [0.717, 1.165) is 0 Å². The quantitative estimate of drug-likeness (QED) is 0.574. The summed E-state index contributed by atoms with van der Waals surface area (Å²) in [5.74, 6) is -0.966. The zero-order valence-electron chi connectivity index (χ0n) is 8.02. The molecule has 1 aromatic carbocycles. The zero-order valence-corrected chi connectivity index (χ0v) is 8.02. The fourth-order valence-corrected chi connectivity index (χ4v) is 1.49. The Kier molecular flexibility index (Phi) is 2.04. The number of phenolic OH excluding ortho intramolecular Hbond substituents is 2. The smallest absolute Gasteiger partial charge is 0.202 e. The van der Waals surface area contributed by atoms with Gasteiger partial charge in [0.25, 0.3) is 0 Å². The van der Waals surface area contributed by atoms with Crippen molar-refractivity contribution < 1.29 is 24.9 Å². The molecule has 1 aliphatic heterocycles. The number of phenols is 2. The summed E-state index contributed by atoms with van der Waals surface area (Å²) in [4.78, 5) is 11.5. The van der Waals surface area contributed by atoms with Crippen molar-refractivity contribution in [1.82, 2.24) is 0 Å². The van der Waals surface area contributed by atoms with E-state index in [0.29, 0.717) is 0 Å². The van der Waals surface area contributed by atoms with E-state index in [1.165, 1.54) is 13.0 Å². The molecule has 0 radical (unpaired) electrons. The monoisotopic (exact) mass is 210 g/mol. The molecule has 5 nitrogen and oxygen atoms in total. The van der Waals surface area contributed by atoms with Gasteiger partial charge in [-0.05, 0) is 6.92 Å². The minimum atomic E-state index is -1.26. The Morgan fingerprint density at radius 2 is 2.13 bits per heavy atom. The SMILES string of the molecule is Cc1c(O)cc2c(c1O)C(=O)[C@H](O)CO2. The van der Waals surface area contributed by atoms with E-state index >= 15 is 0 Å². The van der Waals surface area contributed by atoms with Crippen LogP contribution in [0, 0.1) is 6.92 Å². The third kappa shape index (κ3) is 1.32. The molecule has 0 unspecified atom stereocenters. The number of carbonyl (C=O) groups is 1. The van der Waals surface area contributed by atoms with Crippen molar-refractivity contribution >= 4 is 5.78 Å². The van der Waals surface area contributed by atoms with Gasteiger partial charge in [0.2, 0.25) is 5.78 Å². The van der Waals surface area contributed by atoms with E-state index in [1.807, 2.05) is 0 Å². The molecule has 1 heterocycles. The van der Waals surface area contributed by atoms with Gasteiger partial charge in [0.05, 0.1) is 0 Å². The third-order valence-electron chi connectivity index (χ3n) is 2.44. The molecule has 0 bridgehead atoms. The minimum Gasteiger partial charge on any atom is -0.507 e. The van der Waals surface area contributed by atoms with Gasteiger partial charge in [0.15, 0.2) is 6.10 Å². The van der Waals surface area contributed by atoms with Crippen LogP contribution < -0.4 is 4.74 Å². The Bertz CT molecular complexity index is 438. The Morgan fingerprint density at radius 3 is 2.80 bits per heavy atom. The van der Waals surface area contributed by atoms with Crippen LogP contribution in [0.25, 0.3) is 0 Å². The van der Waals surface area contributed by atoms with E-state index in [4.69, 9.17) is 4.74 Å². The van der Waals surface area contributed by atoms with Gasteiger partial charge in [-0.15, -0.1) is 0 Å². The first-order valence-electron chi connectivity index (χ1n) is 4.43. The molecule has 15 heavy (non-hydrogen) atoms. The number of aliphatic hydroxyl groups excluding tert-OH is 1. The van der Waals surface area contributed by atoms with E-state index in [-0.39, 0.29) is 35.0 Å². The molecule has 0 aromatic heterocycles. The van der Waals surface area contributed by atoms with Crippen LogP contribution in [0.5, 0.6) is 17.2 Å². The van der Waals surface area contributed by atoms with Gasteiger partial charge >= 0.3 is 0 Å². The number of ketones is 1. The summed E-state index contributed by atoms with van der Waals surface area (Å²) < 4.78 is 5.03. The van der Waals surface area contributed by atoms with Gasteiger partial charge < -0.3 is 20.1 Å². The molecule has 0 saturated carbocycles. The maximum absolute atomic E-state index is 11.5. The second-order valence-electron chi connectivity index (χ2n) is 3.43. The lowest BCUT2D eigenvalue weighted by molar-refractivity contribution is 0.0552. The molecule has 1 aliphatic rings. The van der Waals surface area contributed by atoms with Crippen LogP contribution in [0.1, 0.15) is 15.9 Å². The summed E-state index contributed by atoms with van der Waals surface area (Å²) in [5, 5.41) is 28.3. The maximum atomic E-state index is 11.5. The largest absolute Gasteiger partial charge is 0.507 e. The molecule has 1 atom stereocenters. The average Bonchev–Trinajstić information content (AvgIpc) is 2.20. The zero-order chi connectivity index (χ0) is 11.2. The van der Waals surface area contributed by atoms with Crippen LogP contribution in [0.3, 0.4) is 0 Å². The van der Waals surface area contributed by atoms with Crippen LogP contribution in [0.2, 0.25) is 0 Å². The molecule has 2 rings (SSSR count). The maximum Gasteiger partial charge on any atom is 0.202 e. The molecular formula is C10H10O5. The topological polar surface area (TPSA) is 87.0 Å². The number of hydrogen-bond acceptors (Lipinski definition) is 5. The van der Waals surface area contributed by atoms with Gasteiger partial charge in [0, 0.05) is 11.6 Å². The first-order valence-corrected chi connectivity index (χ1v) is 4.43. The molecule has 0 spiro atoms. The highest BCUT2D eigenvalue weighted by Gasteiger charge is 2.31. The number of ether oxygens (including phenoxy) is 1. The number of carbonyl (C=O) groups excluding carboxylic acids is 1. The van der Waals surface area contributed by atoms with Crippen LogP contribution in [0.4, 0.5) is 0 Å². The number of Topliss-reactive ketones (excluding diaryl/α,β-unsaturated/α-hetero) is 1. The first kappa shape index (κ1) is 9.79. The summed E-state index contributed by atoms with van der Waals surface area (Å²) >= 11 is 0. The summed E-state index contributed by atoms with van der Waals surface area (Å²) in [5.41, 5.74) is 0.129. The first-order chi connectivity index (χ1) is 7.02. The van der Waals surface area contributed by atoms with Crippen molar-refractivity contribution in [3.63, 3.8) is 0 Å². The van der Waals surface area contributed by atoms with Crippen LogP contribution >= 0.6 is 0 Å². The lowest BCUT2D eigenvalue weighted by atomic mass is 9.98. The average molecular weight is 210 g/mol. The summed E-state index contributed by atoms with van der Waals surface area (Å²) in [7, 11) is 0. The van der Waals surface area contributed by atoms with Crippen molar-refractivity contribution in [2.75, 3.05) is 6.61 Å².